The van der Waals surface area contributed by atoms with Gasteiger partial charge in [0.1, 0.15) is 18.4 Å². The Balaban J connectivity index is 1.63. The zero-order chi connectivity index (χ0) is 18.4. The van der Waals surface area contributed by atoms with Gasteiger partial charge in [0, 0.05) is 18.8 Å². The number of nitrogens with one attached hydrogen (secondary N) is 1. The molecule has 2 aromatic carbocycles. The van der Waals surface area contributed by atoms with E-state index in [9.17, 15) is 9.59 Å². The lowest BCUT2D eigenvalue weighted by molar-refractivity contribution is -0.159. The van der Waals surface area contributed by atoms with Gasteiger partial charge >= 0.3 is 5.97 Å². The molecule has 6 heteroatoms. The van der Waals surface area contributed by atoms with Crippen LogP contribution >= 0.6 is 0 Å². The third-order valence-electron chi connectivity index (χ3n) is 4.32. The predicted octanol–water partition coefficient (Wildman–Crippen LogP) is 2.45. The van der Waals surface area contributed by atoms with Gasteiger partial charge in [-0.15, -0.1) is 0 Å². The maximum absolute atomic E-state index is 12.4. The van der Waals surface area contributed by atoms with Crippen LogP contribution in [0.5, 0.6) is 5.75 Å². The minimum Gasteiger partial charge on any atom is -0.497 e. The molecule has 6 nitrogen and oxygen atoms in total. The summed E-state index contributed by atoms with van der Waals surface area (Å²) < 4.78 is 10.3. The van der Waals surface area contributed by atoms with Crippen molar-refractivity contribution in [3.8, 4) is 5.75 Å². The highest BCUT2D eigenvalue weighted by molar-refractivity contribution is 5.94. The van der Waals surface area contributed by atoms with Crippen molar-refractivity contribution in [2.75, 3.05) is 25.6 Å². The zero-order valence-electron chi connectivity index (χ0n) is 14.7. The summed E-state index contributed by atoms with van der Waals surface area (Å²) >= 11 is 0. The fourth-order valence-corrected chi connectivity index (χ4v) is 2.95. The van der Waals surface area contributed by atoms with Gasteiger partial charge in [0.2, 0.25) is 5.91 Å². The smallest absolute Gasteiger partial charge is 0.323 e. The third-order valence-corrected chi connectivity index (χ3v) is 4.32. The third kappa shape index (κ3) is 4.61. The maximum Gasteiger partial charge on any atom is 0.323 e. The SMILES string of the molecule is COc1ccc(NC(=O)C[C@@H]2C(=O)OCCN2Cc2ccccc2)cc1. The van der Waals surface area contributed by atoms with E-state index in [1.165, 1.54) is 0 Å². The number of ether oxygens (including phenoxy) is 2. The average Bonchev–Trinajstić information content (AvgIpc) is 2.66. The van der Waals surface area contributed by atoms with E-state index in [1.54, 1.807) is 31.4 Å². The first kappa shape index (κ1) is 17.9. The zero-order valence-corrected chi connectivity index (χ0v) is 14.7. The predicted molar refractivity (Wildman–Crippen MR) is 97.8 cm³/mol. The van der Waals surface area contributed by atoms with Crippen LogP contribution in [0.3, 0.4) is 0 Å². The number of amides is 1. The van der Waals surface area contributed by atoms with E-state index >= 15 is 0 Å². The van der Waals surface area contributed by atoms with Gasteiger partial charge in [-0.25, -0.2) is 0 Å². The van der Waals surface area contributed by atoms with Crippen LogP contribution in [0.15, 0.2) is 54.6 Å². The Morgan fingerprint density at radius 2 is 1.92 bits per heavy atom. The number of nitrogens with zero attached hydrogens (tertiary/aromatic N) is 1. The Bertz CT molecular complexity index is 746. The van der Waals surface area contributed by atoms with Gasteiger partial charge in [-0.1, -0.05) is 30.3 Å². The molecule has 0 radical (unpaired) electrons. The number of hydrogen-bond acceptors (Lipinski definition) is 5. The lowest BCUT2D eigenvalue weighted by Crippen LogP contribution is -2.49. The van der Waals surface area contributed by atoms with E-state index in [0.717, 1.165) is 5.56 Å². The summed E-state index contributed by atoms with van der Waals surface area (Å²) in [4.78, 5) is 26.6. The number of morpholine rings is 1. The first-order valence-corrected chi connectivity index (χ1v) is 8.54. The largest absolute Gasteiger partial charge is 0.497 e. The first-order valence-electron chi connectivity index (χ1n) is 8.54. The number of carbonyl (C=O) groups is 2. The second kappa shape index (κ2) is 8.49. The molecule has 0 saturated carbocycles. The fourth-order valence-electron chi connectivity index (χ4n) is 2.95. The summed E-state index contributed by atoms with van der Waals surface area (Å²) in [6.07, 6.45) is 0.0533. The molecule has 1 aliphatic heterocycles. The van der Waals surface area contributed by atoms with Gasteiger partial charge in [0.15, 0.2) is 0 Å². The Hall–Kier alpha value is -2.86. The Morgan fingerprint density at radius 3 is 2.62 bits per heavy atom. The molecule has 1 aliphatic rings. The van der Waals surface area contributed by atoms with Crippen molar-refractivity contribution < 1.29 is 19.1 Å². The van der Waals surface area contributed by atoms with Crippen LogP contribution in [0.1, 0.15) is 12.0 Å². The molecule has 1 heterocycles. The van der Waals surface area contributed by atoms with Crippen LogP contribution < -0.4 is 10.1 Å². The standard InChI is InChI=1S/C20H22N2O4/c1-25-17-9-7-16(8-10-17)21-19(23)13-18-20(24)26-12-11-22(18)14-15-5-3-2-4-6-15/h2-10,18H,11-14H2,1H3,(H,21,23)/t18-/m1/s1. The van der Waals surface area contributed by atoms with Crippen LogP contribution in [-0.4, -0.2) is 43.1 Å². The second-order valence-electron chi connectivity index (χ2n) is 6.12. The summed E-state index contributed by atoms with van der Waals surface area (Å²) in [6.45, 7) is 1.57. The molecule has 1 saturated heterocycles. The summed E-state index contributed by atoms with van der Waals surface area (Å²) in [5.41, 5.74) is 1.76. The quantitative estimate of drug-likeness (QED) is 0.807. The fraction of sp³-hybridized carbons (Fsp3) is 0.300. The number of methoxy groups -OCH3 is 1. The highest BCUT2D eigenvalue weighted by atomic mass is 16.5. The van der Waals surface area contributed by atoms with Gasteiger partial charge in [-0.2, -0.15) is 0 Å². The Morgan fingerprint density at radius 1 is 1.19 bits per heavy atom. The van der Waals surface area contributed by atoms with Crippen molar-refractivity contribution in [1.82, 2.24) is 4.90 Å². The molecule has 0 aromatic heterocycles. The highest BCUT2D eigenvalue weighted by Gasteiger charge is 2.33. The minimum absolute atomic E-state index is 0.0533. The van der Waals surface area contributed by atoms with Crippen molar-refractivity contribution in [1.29, 1.82) is 0 Å². The molecular weight excluding hydrogens is 332 g/mol. The lowest BCUT2D eigenvalue weighted by atomic mass is 10.1. The van der Waals surface area contributed by atoms with E-state index in [1.807, 2.05) is 35.2 Å². The van der Waals surface area contributed by atoms with Crippen LogP contribution in [0.25, 0.3) is 0 Å². The number of carbonyl (C=O) groups excluding carboxylic acids is 2. The van der Waals surface area contributed by atoms with Crippen molar-refractivity contribution in [2.24, 2.45) is 0 Å². The average molecular weight is 354 g/mol. The van der Waals surface area contributed by atoms with Crippen molar-refractivity contribution >= 4 is 17.6 Å². The molecule has 1 fully saturated rings. The van der Waals surface area contributed by atoms with Crippen LogP contribution in [0.4, 0.5) is 5.69 Å². The number of rotatable bonds is 6. The Labute approximate surface area is 152 Å². The van der Waals surface area contributed by atoms with E-state index in [-0.39, 0.29) is 18.3 Å². The Kier molecular flexibility index (Phi) is 5.86. The molecular formula is C20H22N2O4. The lowest BCUT2D eigenvalue weighted by Gasteiger charge is -2.33. The van der Waals surface area contributed by atoms with E-state index in [2.05, 4.69) is 5.32 Å². The second-order valence-corrected chi connectivity index (χ2v) is 6.12. The van der Waals surface area contributed by atoms with Crippen molar-refractivity contribution in [2.45, 2.75) is 19.0 Å². The summed E-state index contributed by atoms with van der Waals surface area (Å²) in [5.74, 6) is 0.141. The monoisotopic (exact) mass is 354 g/mol. The molecule has 1 atom stereocenters. The molecule has 0 unspecified atom stereocenters. The number of hydrogen-bond donors (Lipinski definition) is 1. The molecule has 26 heavy (non-hydrogen) atoms. The van der Waals surface area contributed by atoms with Crippen LogP contribution in [0.2, 0.25) is 0 Å². The topological polar surface area (TPSA) is 67.9 Å². The van der Waals surface area contributed by atoms with Gasteiger partial charge < -0.3 is 14.8 Å². The molecule has 0 spiro atoms. The molecule has 3 rings (SSSR count). The van der Waals surface area contributed by atoms with Crippen LogP contribution in [0, 0.1) is 0 Å². The van der Waals surface area contributed by atoms with Gasteiger partial charge in [0.05, 0.1) is 13.5 Å². The van der Waals surface area contributed by atoms with Gasteiger partial charge in [-0.05, 0) is 29.8 Å². The van der Waals surface area contributed by atoms with E-state index in [0.29, 0.717) is 31.1 Å². The number of benzene rings is 2. The van der Waals surface area contributed by atoms with Crippen molar-refractivity contribution in [3.63, 3.8) is 0 Å². The molecule has 1 N–H and O–H groups in total. The molecule has 136 valence electrons. The summed E-state index contributed by atoms with van der Waals surface area (Å²) in [7, 11) is 1.59. The van der Waals surface area contributed by atoms with E-state index in [4.69, 9.17) is 9.47 Å². The molecule has 0 aliphatic carbocycles. The van der Waals surface area contributed by atoms with Gasteiger partial charge in [-0.3, -0.25) is 14.5 Å². The molecule has 1 amide bonds. The summed E-state index contributed by atoms with van der Waals surface area (Å²) in [5, 5.41) is 2.82. The molecule has 0 bridgehead atoms. The maximum atomic E-state index is 12.4. The number of anilines is 1. The normalized spacial score (nSPS) is 17.4. The van der Waals surface area contributed by atoms with E-state index < -0.39 is 6.04 Å². The molecule has 2 aromatic rings. The number of esters is 1. The number of cyclic esters (lactones) is 1. The van der Waals surface area contributed by atoms with Crippen molar-refractivity contribution in [3.05, 3.63) is 60.2 Å². The van der Waals surface area contributed by atoms with Gasteiger partial charge in [0.25, 0.3) is 0 Å². The first-order chi connectivity index (χ1) is 12.7. The highest BCUT2D eigenvalue weighted by Crippen LogP contribution is 2.18. The van der Waals surface area contributed by atoms with Crippen LogP contribution in [-0.2, 0) is 20.9 Å². The minimum atomic E-state index is -0.581. The summed E-state index contributed by atoms with van der Waals surface area (Å²) in [6, 6.07) is 16.4.